The smallest absolute Gasteiger partial charge is 0.159 e. The zero-order valence-corrected chi connectivity index (χ0v) is 6.83. The fourth-order valence-corrected chi connectivity index (χ4v) is 0.841. The van der Waals surface area contributed by atoms with Crippen molar-refractivity contribution in [1.82, 2.24) is 9.97 Å². The molecule has 13 heavy (non-hydrogen) atoms. The van der Waals surface area contributed by atoms with Gasteiger partial charge in [0.05, 0.1) is 12.5 Å². The molecular formula is C8H9N3O2. The van der Waals surface area contributed by atoms with Crippen LogP contribution in [0.5, 0.6) is 0 Å². The lowest BCUT2D eigenvalue weighted by molar-refractivity contribution is 0.0162. The molecule has 0 fully saturated rings. The molecular weight excluding hydrogens is 170 g/mol. The molecule has 0 aliphatic heterocycles. The molecule has 0 aliphatic carbocycles. The first-order valence-electron chi connectivity index (χ1n) is 3.75. The molecule has 0 saturated carbocycles. The van der Waals surface area contributed by atoms with Crippen LogP contribution in [0, 0.1) is 11.3 Å². The van der Waals surface area contributed by atoms with E-state index in [-0.39, 0.29) is 12.2 Å². The monoisotopic (exact) mass is 179 g/mol. The third-order valence-electron chi connectivity index (χ3n) is 1.52. The Labute approximate surface area is 75.3 Å². The highest BCUT2D eigenvalue weighted by Crippen LogP contribution is 2.13. The molecule has 0 radical (unpaired) electrons. The molecule has 1 heterocycles. The quantitative estimate of drug-likeness (QED) is 0.669. The maximum absolute atomic E-state index is 9.39. The number of aliphatic hydroxyl groups is 2. The summed E-state index contributed by atoms with van der Waals surface area (Å²) in [6.07, 6.45) is 0.461. The van der Waals surface area contributed by atoms with Gasteiger partial charge in [-0.25, -0.2) is 9.97 Å². The third-order valence-corrected chi connectivity index (χ3v) is 1.52. The summed E-state index contributed by atoms with van der Waals surface area (Å²) in [6, 6.07) is 3.36. The van der Waals surface area contributed by atoms with Gasteiger partial charge < -0.3 is 10.2 Å². The summed E-state index contributed by atoms with van der Waals surface area (Å²) < 4.78 is 0. The zero-order chi connectivity index (χ0) is 9.68. The summed E-state index contributed by atoms with van der Waals surface area (Å²) in [4.78, 5) is 7.50. The lowest BCUT2D eigenvalue weighted by Gasteiger charge is -2.12. The average molecular weight is 179 g/mol. The Morgan fingerprint density at radius 3 is 2.54 bits per heavy atom. The van der Waals surface area contributed by atoms with Crippen LogP contribution in [0.1, 0.15) is 18.3 Å². The fraction of sp³-hybridized carbons (Fsp3) is 0.375. The predicted octanol–water partition coefficient (Wildman–Crippen LogP) is -0.215. The lowest BCUT2D eigenvalue weighted by Crippen LogP contribution is -2.19. The first kappa shape index (κ1) is 9.58. The summed E-state index contributed by atoms with van der Waals surface area (Å²) >= 11 is 0. The van der Waals surface area contributed by atoms with Gasteiger partial charge in [0.2, 0.25) is 0 Å². The molecule has 0 amide bonds. The second-order valence-corrected chi connectivity index (χ2v) is 2.48. The van der Waals surface area contributed by atoms with Gasteiger partial charge in [-0.3, -0.25) is 0 Å². The second-order valence-electron chi connectivity index (χ2n) is 2.48. The highest BCUT2D eigenvalue weighted by atomic mass is 16.3. The van der Waals surface area contributed by atoms with Crippen LogP contribution in [-0.2, 0) is 0 Å². The van der Waals surface area contributed by atoms with Crippen LogP contribution in [0.25, 0.3) is 0 Å². The summed E-state index contributed by atoms with van der Waals surface area (Å²) in [7, 11) is 0. The van der Waals surface area contributed by atoms with E-state index in [2.05, 4.69) is 9.97 Å². The molecule has 0 aliphatic rings. The molecule has 5 nitrogen and oxygen atoms in total. The predicted molar refractivity (Wildman–Crippen MR) is 43.2 cm³/mol. The minimum Gasteiger partial charge on any atom is -0.389 e. The van der Waals surface area contributed by atoms with Crippen molar-refractivity contribution in [3.05, 3.63) is 24.3 Å². The van der Waals surface area contributed by atoms with Crippen LogP contribution in [0.2, 0.25) is 0 Å². The molecule has 2 N–H and O–H groups in total. The maximum atomic E-state index is 9.39. The fourth-order valence-electron chi connectivity index (χ4n) is 0.841. The number of hydrogen-bond donors (Lipinski definition) is 2. The van der Waals surface area contributed by atoms with E-state index in [0.29, 0.717) is 0 Å². The molecule has 2 unspecified atom stereocenters. The van der Waals surface area contributed by atoms with Crippen LogP contribution in [0.3, 0.4) is 0 Å². The van der Waals surface area contributed by atoms with Gasteiger partial charge in [-0.15, -0.1) is 0 Å². The molecule has 1 aromatic heterocycles. The van der Waals surface area contributed by atoms with Gasteiger partial charge in [0.25, 0.3) is 0 Å². The molecule has 5 heteroatoms. The summed E-state index contributed by atoms with van der Waals surface area (Å²) in [5.41, 5.74) is 0. The summed E-state index contributed by atoms with van der Waals surface area (Å²) in [6.45, 7) is 0. The zero-order valence-electron chi connectivity index (χ0n) is 6.83. The van der Waals surface area contributed by atoms with Gasteiger partial charge in [0.15, 0.2) is 5.82 Å². The van der Waals surface area contributed by atoms with Crippen molar-refractivity contribution in [3.8, 4) is 6.07 Å². The third kappa shape index (κ3) is 2.47. The minimum absolute atomic E-state index is 0.130. The summed E-state index contributed by atoms with van der Waals surface area (Å²) in [5, 5.41) is 26.9. The first-order valence-corrected chi connectivity index (χ1v) is 3.75. The number of aromatic nitrogens is 2. The van der Waals surface area contributed by atoms with Gasteiger partial charge in [-0.2, -0.15) is 5.26 Å². The van der Waals surface area contributed by atoms with Crippen molar-refractivity contribution in [1.29, 1.82) is 5.26 Å². The van der Waals surface area contributed by atoms with Crippen molar-refractivity contribution in [2.45, 2.75) is 18.6 Å². The number of hydrogen-bond acceptors (Lipinski definition) is 5. The van der Waals surface area contributed by atoms with E-state index in [4.69, 9.17) is 5.26 Å². The minimum atomic E-state index is -1.19. The van der Waals surface area contributed by atoms with Gasteiger partial charge >= 0.3 is 0 Å². The lowest BCUT2D eigenvalue weighted by atomic mass is 10.1. The number of aliphatic hydroxyl groups excluding tert-OH is 2. The molecule has 0 aromatic carbocycles. The van der Waals surface area contributed by atoms with E-state index in [1.165, 1.54) is 12.4 Å². The van der Waals surface area contributed by atoms with Crippen molar-refractivity contribution < 1.29 is 10.2 Å². The standard InChI is InChI=1S/C8H9N3O2/c9-3-2-6(12)7(13)8-10-4-1-5-11-8/h1,4-7,12-13H,2H2. The Kier molecular flexibility index (Phi) is 3.31. The van der Waals surface area contributed by atoms with Crippen molar-refractivity contribution >= 4 is 0 Å². The molecule has 0 spiro atoms. The van der Waals surface area contributed by atoms with Gasteiger partial charge in [0.1, 0.15) is 12.2 Å². The van der Waals surface area contributed by atoms with E-state index in [1.807, 2.05) is 0 Å². The van der Waals surface area contributed by atoms with Crippen LogP contribution in [-0.4, -0.2) is 26.3 Å². The van der Waals surface area contributed by atoms with E-state index >= 15 is 0 Å². The van der Waals surface area contributed by atoms with E-state index in [9.17, 15) is 10.2 Å². The number of nitrogens with zero attached hydrogens (tertiary/aromatic N) is 3. The Hall–Kier alpha value is -1.51. The molecule has 2 atom stereocenters. The Bertz CT molecular complexity index is 296. The van der Waals surface area contributed by atoms with Crippen molar-refractivity contribution in [2.75, 3.05) is 0 Å². The summed E-state index contributed by atoms with van der Waals surface area (Å²) in [5.74, 6) is 0.130. The number of rotatable bonds is 3. The highest BCUT2D eigenvalue weighted by Gasteiger charge is 2.19. The molecule has 0 bridgehead atoms. The Morgan fingerprint density at radius 2 is 2.00 bits per heavy atom. The second kappa shape index (κ2) is 4.50. The number of nitriles is 1. The Balaban J connectivity index is 2.69. The van der Waals surface area contributed by atoms with Gasteiger partial charge in [-0.05, 0) is 6.07 Å². The molecule has 0 saturated heterocycles. The molecule has 1 rings (SSSR count). The van der Waals surface area contributed by atoms with Crippen LogP contribution < -0.4 is 0 Å². The van der Waals surface area contributed by atoms with Crippen molar-refractivity contribution in [3.63, 3.8) is 0 Å². The maximum Gasteiger partial charge on any atom is 0.159 e. The molecule has 1 aromatic rings. The van der Waals surface area contributed by atoms with E-state index in [0.717, 1.165) is 0 Å². The van der Waals surface area contributed by atoms with Gasteiger partial charge in [0, 0.05) is 12.4 Å². The average Bonchev–Trinajstić information content (AvgIpc) is 2.18. The Morgan fingerprint density at radius 1 is 1.38 bits per heavy atom. The van der Waals surface area contributed by atoms with Crippen LogP contribution in [0.4, 0.5) is 0 Å². The SMILES string of the molecule is N#CCC(O)C(O)c1ncccn1. The van der Waals surface area contributed by atoms with Gasteiger partial charge in [-0.1, -0.05) is 0 Å². The topological polar surface area (TPSA) is 90.0 Å². The van der Waals surface area contributed by atoms with Crippen molar-refractivity contribution in [2.24, 2.45) is 0 Å². The van der Waals surface area contributed by atoms with Crippen LogP contribution >= 0.6 is 0 Å². The first-order chi connectivity index (χ1) is 6.25. The van der Waals surface area contributed by atoms with E-state index in [1.54, 1.807) is 12.1 Å². The van der Waals surface area contributed by atoms with Crippen LogP contribution in [0.15, 0.2) is 18.5 Å². The van der Waals surface area contributed by atoms with E-state index < -0.39 is 12.2 Å². The normalized spacial score (nSPS) is 14.5. The molecule has 68 valence electrons. The largest absolute Gasteiger partial charge is 0.389 e. The highest BCUT2D eigenvalue weighted by molar-refractivity contribution is 4.96.